The van der Waals surface area contributed by atoms with Crippen LogP contribution < -0.4 is 4.90 Å². The molecule has 1 aliphatic heterocycles. The van der Waals surface area contributed by atoms with Gasteiger partial charge in [-0.05, 0) is 54.3 Å². The number of carbonyl (C=O) groups excluding carboxylic acids is 2. The molecule has 5 aromatic rings. The molecule has 1 amide bonds. The van der Waals surface area contributed by atoms with Gasteiger partial charge < -0.3 is 9.64 Å². The summed E-state index contributed by atoms with van der Waals surface area (Å²) >= 11 is 0. The first kappa shape index (κ1) is 26.0. The summed E-state index contributed by atoms with van der Waals surface area (Å²) < 4.78 is 7.15. The van der Waals surface area contributed by atoms with E-state index in [4.69, 9.17) is 9.84 Å². The Labute approximate surface area is 239 Å². The van der Waals surface area contributed by atoms with Crippen LogP contribution in [-0.2, 0) is 20.7 Å². The molecule has 6 nitrogen and oxygen atoms in total. The van der Waals surface area contributed by atoms with Gasteiger partial charge in [-0.1, -0.05) is 91.0 Å². The zero-order chi connectivity index (χ0) is 28.2. The number of ether oxygens (including phenoxy) is 1. The van der Waals surface area contributed by atoms with Crippen molar-refractivity contribution in [2.45, 2.75) is 19.4 Å². The predicted octanol–water partition coefficient (Wildman–Crippen LogP) is 6.74. The second-order valence-corrected chi connectivity index (χ2v) is 10.0. The smallest absolute Gasteiger partial charge is 0.331 e. The number of aromatic nitrogens is 2. The van der Waals surface area contributed by atoms with E-state index in [-0.39, 0.29) is 18.6 Å². The number of anilines is 1. The van der Waals surface area contributed by atoms with Crippen LogP contribution in [0.5, 0.6) is 0 Å². The number of esters is 1. The second kappa shape index (κ2) is 11.5. The molecule has 0 saturated heterocycles. The van der Waals surface area contributed by atoms with Crippen LogP contribution in [0.3, 0.4) is 0 Å². The zero-order valence-corrected chi connectivity index (χ0v) is 22.7. The average Bonchev–Trinajstić information content (AvgIpc) is 3.60. The van der Waals surface area contributed by atoms with E-state index in [1.807, 2.05) is 98.0 Å². The maximum absolute atomic E-state index is 12.9. The minimum atomic E-state index is -0.587. The number of para-hydroxylation sites is 2. The molecule has 0 N–H and O–H groups in total. The molecular formula is C35H29N3O3. The average molecular weight is 540 g/mol. The molecule has 1 atom stereocenters. The minimum absolute atomic E-state index is 0.0220. The van der Waals surface area contributed by atoms with Crippen molar-refractivity contribution < 1.29 is 14.3 Å². The quantitative estimate of drug-likeness (QED) is 0.170. The van der Waals surface area contributed by atoms with Crippen LogP contribution in [0.1, 0.15) is 18.1 Å². The maximum atomic E-state index is 12.9. The third kappa shape index (κ3) is 5.58. The van der Waals surface area contributed by atoms with E-state index in [2.05, 4.69) is 24.3 Å². The molecule has 2 heterocycles. The maximum Gasteiger partial charge on any atom is 0.331 e. The molecular weight excluding hydrogens is 510 g/mol. The molecule has 202 valence electrons. The first-order chi connectivity index (χ1) is 20.1. The Bertz CT molecular complexity index is 1710. The van der Waals surface area contributed by atoms with Crippen molar-refractivity contribution in [1.82, 2.24) is 9.78 Å². The van der Waals surface area contributed by atoms with Crippen LogP contribution in [0.25, 0.3) is 34.1 Å². The number of nitrogens with zero attached hydrogens (tertiary/aromatic N) is 3. The summed E-state index contributed by atoms with van der Waals surface area (Å²) in [5.41, 5.74) is 7.57. The predicted molar refractivity (Wildman–Crippen MR) is 162 cm³/mol. The highest BCUT2D eigenvalue weighted by atomic mass is 16.5. The summed E-state index contributed by atoms with van der Waals surface area (Å²) in [5.74, 6) is -0.823. The molecule has 0 radical (unpaired) electrons. The number of rotatable bonds is 7. The van der Waals surface area contributed by atoms with Gasteiger partial charge in [-0.2, -0.15) is 5.10 Å². The number of fused-ring (bicyclic) bond motifs is 1. The summed E-state index contributed by atoms with van der Waals surface area (Å²) in [7, 11) is 0. The molecule has 0 unspecified atom stereocenters. The Morgan fingerprint density at radius 2 is 1.46 bits per heavy atom. The van der Waals surface area contributed by atoms with E-state index in [9.17, 15) is 9.59 Å². The lowest BCUT2D eigenvalue weighted by Gasteiger charge is -2.22. The lowest BCUT2D eigenvalue weighted by Crippen LogP contribution is -2.38. The highest BCUT2D eigenvalue weighted by Gasteiger charge is 2.30. The monoisotopic (exact) mass is 539 g/mol. The Hall–Kier alpha value is -5.23. The van der Waals surface area contributed by atoms with Crippen LogP contribution in [0.15, 0.2) is 121 Å². The normalized spacial score (nSPS) is 14.3. The van der Waals surface area contributed by atoms with Crippen LogP contribution in [0.4, 0.5) is 5.69 Å². The fourth-order valence-corrected chi connectivity index (χ4v) is 5.25. The van der Waals surface area contributed by atoms with Crippen molar-refractivity contribution >= 4 is 23.6 Å². The van der Waals surface area contributed by atoms with Crippen LogP contribution >= 0.6 is 0 Å². The third-order valence-electron chi connectivity index (χ3n) is 7.24. The highest BCUT2D eigenvalue weighted by Crippen LogP contribution is 2.32. The first-order valence-electron chi connectivity index (χ1n) is 13.6. The van der Waals surface area contributed by atoms with Gasteiger partial charge in [0.2, 0.25) is 0 Å². The zero-order valence-electron chi connectivity index (χ0n) is 22.7. The molecule has 4 aromatic carbocycles. The van der Waals surface area contributed by atoms with Crippen molar-refractivity contribution in [3.05, 3.63) is 133 Å². The van der Waals surface area contributed by atoms with Crippen molar-refractivity contribution in [2.75, 3.05) is 11.5 Å². The van der Waals surface area contributed by atoms with E-state index < -0.39 is 5.97 Å². The standard InChI is InChI=1S/C35H29N3O3/c1-25-22-29-12-8-9-15-32(29)38(25)33(39)24-41-34(40)21-20-30-23-37(31-13-6-3-7-14-31)36-35(30)28-18-16-27(17-19-28)26-10-4-2-5-11-26/h2-21,23,25H,22,24H2,1H3/b21-20+/t25-/m1/s1. The topological polar surface area (TPSA) is 64.4 Å². The molecule has 0 fully saturated rings. The number of hydrogen-bond donors (Lipinski definition) is 0. The van der Waals surface area contributed by atoms with Gasteiger partial charge in [0.25, 0.3) is 5.91 Å². The molecule has 6 rings (SSSR count). The molecule has 0 aliphatic carbocycles. The largest absolute Gasteiger partial charge is 0.452 e. The second-order valence-electron chi connectivity index (χ2n) is 10.0. The van der Waals surface area contributed by atoms with Gasteiger partial charge >= 0.3 is 5.97 Å². The molecule has 0 spiro atoms. The summed E-state index contributed by atoms with van der Waals surface area (Å²) in [6.07, 6.45) is 5.71. The number of amides is 1. The van der Waals surface area contributed by atoms with E-state index in [1.54, 1.807) is 15.7 Å². The van der Waals surface area contributed by atoms with Gasteiger partial charge in [0, 0.05) is 35.1 Å². The lowest BCUT2D eigenvalue weighted by molar-refractivity contribution is -0.143. The number of hydrogen-bond acceptors (Lipinski definition) is 4. The molecule has 0 bridgehead atoms. The van der Waals surface area contributed by atoms with Crippen LogP contribution in [0.2, 0.25) is 0 Å². The van der Waals surface area contributed by atoms with Crippen LogP contribution in [-0.4, -0.2) is 34.3 Å². The Morgan fingerprint density at radius 3 is 2.22 bits per heavy atom. The Kier molecular flexibility index (Phi) is 7.28. The van der Waals surface area contributed by atoms with Gasteiger partial charge in [0.05, 0.1) is 11.4 Å². The summed E-state index contributed by atoms with van der Waals surface area (Å²) in [4.78, 5) is 27.3. The van der Waals surface area contributed by atoms with Crippen molar-refractivity contribution in [2.24, 2.45) is 0 Å². The fraction of sp³-hybridized carbons (Fsp3) is 0.114. The summed E-state index contributed by atoms with van der Waals surface area (Å²) in [5, 5.41) is 4.84. The number of benzene rings is 4. The first-order valence-corrected chi connectivity index (χ1v) is 13.6. The molecule has 1 aromatic heterocycles. The van der Waals surface area contributed by atoms with E-state index in [0.29, 0.717) is 0 Å². The summed E-state index contributed by atoms with van der Waals surface area (Å²) in [6.45, 7) is 1.68. The SMILES string of the molecule is C[C@@H]1Cc2ccccc2N1C(=O)COC(=O)/C=C/c1cn(-c2ccccc2)nc1-c1ccc(-c2ccccc2)cc1. The molecule has 6 heteroatoms. The van der Waals surface area contributed by atoms with Crippen molar-refractivity contribution in [3.63, 3.8) is 0 Å². The van der Waals surface area contributed by atoms with E-state index >= 15 is 0 Å². The van der Waals surface area contributed by atoms with Crippen molar-refractivity contribution in [3.8, 4) is 28.1 Å². The fourth-order valence-electron chi connectivity index (χ4n) is 5.25. The number of carbonyl (C=O) groups is 2. The third-order valence-corrected chi connectivity index (χ3v) is 7.24. The Morgan fingerprint density at radius 1 is 0.829 bits per heavy atom. The van der Waals surface area contributed by atoms with E-state index in [0.717, 1.165) is 51.3 Å². The van der Waals surface area contributed by atoms with Crippen molar-refractivity contribution in [1.29, 1.82) is 0 Å². The van der Waals surface area contributed by atoms with Gasteiger partial charge in [-0.3, -0.25) is 4.79 Å². The van der Waals surface area contributed by atoms with Gasteiger partial charge in [0.1, 0.15) is 0 Å². The van der Waals surface area contributed by atoms with Gasteiger partial charge in [-0.15, -0.1) is 0 Å². The van der Waals surface area contributed by atoms with Crippen LogP contribution in [0, 0.1) is 0 Å². The summed E-state index contributed by atoms with van der Waals surface area (Å²) in [6, 6.07) is 36.0. The van der Waals surface area contributed by atoms with E-state index in [1.165, 1.54) is 6.08 Å². The lowest BCUT2D eigenvalue weighted by atomic mass is 10.0. The van der Waals surface area contributed by atoms with Gasteiger partial charge in [-0.25, -0.2) is 9.48 Å². The molecule has 1 aliphatic rings. The highest BCUT2D eigenvalue weighted by molar-refractivity contribution is 5.98. The minimum Gasteiger partial charge on any atom is -0.452 e. The van der Waals surface area contributed by atoms with Gasteiger partial charge in [0.15, 0.2) is 6.61 Å². The molecule has 41 heavy (non-hydrogen) atoms. The molecule has 0 saturated carbocycles. The Balaban J connectivity index is 1.21.